The Balaban J connectivity index is 1.61. The Morgan fingerprint density at radius 3 is 2.81 bits per heavy atom. The highest BCUT2D eigenvalue weighted by atomic mass is 32.2. The summed E-state index contributed by atoms with van der Waals surface area (Å²) >= 11 is 1.36. The summed E-state index contributed by atoms with van der Waals surface area (Å²) in [7, 11) is 0. The molecule has 1 N–H and O–H groups in total. The fourth-order valence-corrected chi connectivity index (χ4v) is 4.02. The van der Waals surface area contributed by atoms with E-state index in [4.69, 9.17) is 0 Å². The molecule has 136 valence electrons. The average molecular weight is 377 g/mol. The molecule has 0 aliphatic carbocycles. The number of thioether (sulfide) groups is 1. The van der Waals surface area contributed by atoms with Crippen molar-refractivity contribution in [2.75, 3.05) is 0 Å². The Morgan fingerprint density at radius 2 is 2.00 bits per heavy atom. The van der Waals surface area contributed by atoms with E-state index in [2.05, 4.69) is 26.6 Å². The van der Waals surface area contributed by atoms with Crippen molar-refractivity contribution in [3.05, 3.63) is 65.4 Å². The number of H-pyrrole nitrogens is 1. The Kier molecular flexibility index (Phi) is 4.53. The molecule has 1 atom stereocenters. The minimum Gasteiger partial charge on any atom is -0.360 e. The maximum absolute atomic E-state index is 13.0. The minimum atomic E-state index is -0.320. The molecular weight excluding hydrogens is 358 g/mol. The molecule has 7 heteroatoms. The van der Waals surface area contributed by atoms with E-state index in [1.165, 1.54) is 17.3 Å². The lowest BCUT2D eigenvalue weighted by atomic mass is 10.1. The SMILES string of the molecule is Cc1ccc(-n2nnnc2S[C@@H](C)C(=O)c2c[nH]c3ccccc23)c(C)c1. The second-order valence-electron chi connectivity index (χ2n) is 6.54. The third-order valence-corrected chi connectivity index (χ3v) is 5.56. The third kappa shape index (κ3) is 3.26. The predicted octanol–water partition coefficient (Wildman–Crippen LogP) is 4.12. The van der Waals surface area contributed by atoms with Crippen molar-refractivity contribution in [3.8, 4) is 5.69 Å². The van der Waals surface area contributed by atoms with Gasteiger partial charge in [0.15, 0.2) is 5.78 Å². The summed E-state index contributed by atoms with van der Waals surface area (Å²) in [5.74, 6) is 0.0487. The van der Waals surface area contributed by atoms with Crippen molar-refractivity contribution < 1.29 is 4.79 Å². The normalized spacial score (nSPS) is 12.4. The number of rotatable bonds is 5. The molecule has 0 aliphatic heterocycles. The summed E-state index contributed by atoms with van der Waals surface area (Å²) in [5.41, 5.74) is 4.83. The number of Topliss-reactive ketones (excluding diaryl/α,β-unsaturated/α-hetero) is 1. The first-order valence-corrected chi connectivity index (χ1v) is 9.55. The van der Waals surface area contributed by atoms with Crippen LogP contribution < -0.4 is 0 Å². The molecule has 0 aliphatic rings. The van der Waals surface area contributed by atoms with Crippen LogP contribution in [0, 0.1) is 13.8 Å². The van der Waals surface area contributed by atoms with Gasteiger partial charge in [0.2, 0.25) is 5.16 Å². The van der Waals surface area contributed by atoms with Gasteiger partial charge in [-0.05, 0) is 48.9 Å². The van der Waals surface area contributed by atoms with Gasteiger partial charge in [0.05, 0.1) is 10.9 Å². The number of aromatic nitrogens is 5. The van der Waals surface area contributed by atoms with Crippen molar-refractivity contribution in [3.63, 3.8) is 0 Å². The number of benzene rings is 2. The number of para-hydroxylation sites is 1. The Bertz CT molecular complexity index is 1130. The molecule has 0 bridgehead atoms. The quantitative estimate of drug-likeness (QED) is 0.418. The number of carbonyl (C=O) groups is 1. The van der Waals surface area contributed by atoms with Crippen LogP contribution in [0.3, 0.4) is 0 Å². The topological polar surface area (TPSA) is 76.5 Å². The van der Waals surface area contributed by atoms with Crippen molar-refractivity contribution in [2.45, 2.75) is 31.2 Å². The van der Waals surface area contributed by atoms with E-state index in [1.807, 2.05) is 57.2 Å². The number of aromatic amines is 1. The monoisotopic (exact) mass is 377 g/mol. The first-order chi connectivity index (χ1) is 13.0. The van der Waals surface area contributed by atoms with Gasteiger partial charge in [0.1, 0.15) is 0 Å². The fraction of sp³-hybridized carbons (Fsp3) is 0.200. The highest BCUT2D eigenvalue weighted by Gasteiger charge is 2.23. The summed E-state index contributed by atoms with van der Waals surface area (Å²) < 4.78 is 1.69. The number of hydrogen-bond donors (Lipinski definition) is 1. The first kappa shape index (κ1) is 17.5. The molecular formula is C20H19N5OS. The second-order valence-corrected chi connectivity index (χ2v) is 7.84. The minimum absolute atomic E-state index is 0.0487. The number of fused-ring (bicyclic) bond motifs is 1. The molecule has 0 fully saturated rings. The fourth-order valence-electron chi connectivity index (χ4n) is 3.15. The van der Waals surface area contributed by atoms with Crippen LogP contribution in [0.5, 0.6) is 0 Å². The average Bonchev–Trinajstić information content (AvgIpc) is 3.28. The van der Waals surface area contributed by atoms with Gasteiger partial charge >= 0.3 is 0 Å². The first-order valence-electron chi connectivity index (χ1n) is 8.67. The van der Waals surface area contributed by atoms with Crippen LogP contribution in [0.15, 0.2) is 53.8 Å². The molecule has 6 nitrogen and oxygen atoms in total. The van der Waals surface area contributed by atoms with E-state index in [9.17, 15) is 4.79 Å². The van der Waals surface area contributed by atoms with Gasteiger partial charge < -0.3 is 4.98 Å². The zero-order chi connectivity index (χ0) is 19.0. The number of hydrogen-bond acceptors (Lipinski definition) is 5. The number of nitrogens with one attached hydrogen (secondary N) is 1. The van der Waals surface area contributed by atoms with E-state index in [-0.39, 0.29) is 11.0 Å². The number of carbonyl (C=O) groups excluding carboxylic acids is 1. The van der Waals surface area contributed by atoms with E-state index in [0.717, 1.165) is 22.2 Å². The van der Waals surface area contributed by atoms with Crippen LogP contribution in [0.4, 0.5) is 0 Å². The van der Waals surface area contributed by atoms with Crippen molar-refractivity contribution in [2.24, 2.45) is 0 Å². The maximum atomic E-state index is 13.0. The number of aryl methyl sites for hydroxylation is 2. The lowest BCUT2D eigenvalue weighted by Crippen LogP contribution is -2.14. The number of ketones is 1. The van der Waals surface area contributed by atoms with E-state index in [0.29, 0.717) is 10.7 Å². The van der Waals surface area contributed by atoms with Crippen LogP contribution in [-0.4, -0.2) is 36.2 Å². The largest absolute Gasteiger partial charge is 0.360 e. The summed E-state index contributed by atoms with van der Waals surface area (Å²) in [6.07, 6.45) is 1.77. The van der Waals surface area contributed by atoms with Crippen LogP contribution in [0.25, 0.3) is 16.6 Å². The van der Waals surface area contributed by atoms with Crippen LogP contribution >= 0.6 is 11.8 Å². The van der Waals surface area contributed by atoms with Gasteiger partial charge in [-0.2, -0.15) is 4.68 Å². The van der Waals surface area contributed by atoms with E-state index in [1.54, 1.807) is 10.9 Å². The van der Waals surface area contributed by atoms with Crippen molar-refractivity contribution in [1.82, 2.24) is 25.2 Å². The highest BCUT2D eigenvalue weighted by molar-refractivity contribution is 8.00. The van der Waals surface area contributed by atoms with Gasteiger partial charge in [-0.3, -0.25) is 4.79 Å². The van der Waals surface area contributed by atoms with Crippen molar-refractivity contribution >= 4 is 28.4 Å². The van der Waals surface area contributed by atoms with Gasteiger partial charge in [-0.1, -0.05) is 47.7 Å². The molecule has 0 unspecified atom stereocenters. The van der Waals surface area contributed by atoms with Crippen LogP contribution in [-0.2, 0) is 0 Å². The summed E-state index contributed by atoms with van der Waals surface area (Å²) in [6, 6.07) is 13.9. The molecule has 4 aromatic rings. The molecule has 2 aromatic heterocycles. The molecule has 27 heavy (non-hydrogen) atoms. The molecule has 2 aromatic carbocycles. The predicted molar refractivity (Wildman–Crippen MR) is 107 cm³/mol. The van der Waals surface area contributed by atoms with Gasteiger partial charge in [0, 0.05) is 22.7 Å². The maximum Gasteiger partial charge on any atom is 0.214 e. The number of tetrazole rings is 1. The highest BCUT2D eigenvalue weighted by Crippen LogP contribution is 2.28. The Labute approximate surface area is 161 Å². The lowest BCUT2D eigenvalue weighted by Gasteiger charge is -2.11. The van der Waals surface area contributed by atoms with Crippen molar-refractivity contribution in [1.29, 1.82) is 0 Å². The Hall–Kier alpha value is -2.93. The van der Waals surface area contributed by atoms with E-state index >= 15 is 0 Å². The molecule has 0 amide bonds. The smallest absolute Gasteiger partial charge is 0.214 e. The van der Waals surface area contributed by atoms with Gasteiger partial charge in [-0.15, -0.1) is 5.10 Å². The van der Waals surface area contributed by atoms with Gasteiger partial charge in [-0.25, -0.2) is 0 Å². The van der Waals surface area contributed by atoms with Crippen LogP contribution in [0.2, 0.25) is 0 Å². The molecule has 4 rings (SSSR count). The Morgan fingerprint density at radius 1 is 1.19 bits per heavy atom. The molecule has 0 spiro atoms. The second kappa shape index (κ2) is 7.00. The molecule has 2 heterocycles. The molecule has 0 saturated carbocycles. The number of nitrogens with zero attached hydrogens (tertiary/aromatic N) is 4. The van der Waals surface area contributed by atoms with Crippen LogP contribution in [0.1, 0.15) is 28.4 Å². The standard InChI is InChI=1S/C20H19N5OS/c1-12-8-9-18(13(2)10-12)25-20(22-23-24-25)27-14(3)19(26)16-11-21-17-7-5-4-6-15(16)17/h4-11,14,21H,1-3H3/t14-/m0/s1. The van der Waals surface area contributed by atoms with E-state index < -0.39 is 0 Å². The summed E-state index contributed by atoms with van der Waals surface area (Å²) in [6.45, 7) is 5.96. The molecule has 0 saturated heterocycles. The van der Waals surface area contributed by atoms with Gasteiger partial charge in [0.25, 0.3) is 0 Å². The molecule has 0 radical (unpaired) electrons. The summed E-state index contributed by atoms with van der Waals surface area (Å²) in [5, 5.41) is 13.3. The lowest BCUT2D eigenvalue weighted by molar-refractivity contribution is 0.0995. The zero-order valence-electron chi connectivity index (χ0n) is 15.3. The third-order valence-electron chi connectivity index (χ3n) is 4.53. The zero-order valence-corrected chi connectivity index (χ0v) is 16.1. The summed E-state index contributed by atoms with van der Waals surface area (Å²) in [4.78, 5) is 16.1.